The minimum atomic E-state index is -0.183. The van der Waals surface area contributed by atoms with Gasteiger partial charge in [0.1, 0.15) is 17.5 Å². The largest absolute Gasteiger partial charge is 0.370 e. The maximum atomic E-state index is 6.14. The van der Waals surface area contributed by atoms with Gasteiger partial charge in [-0.15, -0.1) is 0 Å². The summed E-state index contributed by atoms with van der Waals surface area (Å²) in [6, 6.07) is 2.04. The van der Waals surface area contributed by atoms with E-state index in [4.69, 9.17) is 4.74 Å². The third kappa shape index (κ3) is 4.30. The molecule has 0 unspecified atom stereocenters. The zero-order chi connectivity index (χ0) is 15.7. The van der Waals surface area contributed by atoms with Crippen LogP contribution in [0.2, 0.25) is 0 Å². The van der Waals surface area contributed by atoms with Crippen molar-refractivity contribution in [1.82, 2.24) is 9.97 Å². The Morgan fingerprint density at radius 3 is 2.38 bits per heavy atom. The first-order valence-corrected chi connectivity index (χ1v) is 7.75. The summed E-state index contributed by atoms with van der Waals surface area (Å²) in [5.41, 5.74) is -0.366. The number of aryl methyl sites for hydroxylation is 1. The minimum Gasteiger partial charge on any atom is -0.370 e. The van der Waals surface area contributed by atoms with E-state index in [-0.39, 0.29) is 11.2 Å². The third-order valence-corrected chi connectivity index (χ3v) is 3.40. The summed E-state index contributed by atoms with van der Waals surface area (Å²) < 4.78 is 6.14. The van der Waals surface area contributed by atoms with Gasteiger partial charge in [0.2, 0.25) is 0 Å². The van der Waals surface area contributed by atoms with Crippen molar-refractivity contribution in [1.29, 1.82) is 0 Å². The first-order chi connectivity index (χ1) is 9.71. The van der Waals surface area contributed by atoms with Gasteiger partial charge in [0.15, 0.2) is 0 Å². The number of nitrogens with zero attached hydrogens (tertiary/aromatic N) is 3. The molecule has 1 saturated heterocycles. The van der Waals surface area contributed by atoms with Crippen LogP contribution in [-0.2, 0) is 4.74 Å². The van der Waals surface area contributed by atoms with Crippen LogP contribution in [0.15, 0.2) is 6.07 Å². The van der Waals surface area contributed by atoms with Crippen LogP contribution >= 0.6 is 0 Å². The van der Waals surface area contributed by atoms with Gasteiger partial charge >= 0.3 is 0 Å². The molecule has 1 aromatic heterocycles. The summed E-state index contributed by atoms with van der Waals surface area (Å²) in [4.78, 5) is 11.4. The molecule has 118 valence electrons. The summed E-state index contributed by atoms with van der Waals surface area (Å²) in [6.07, 6.45) is 1.08. The van der Waals surface area contributed by atoms with Crippen LogP contribution < -0.4 is 10.2 Å². The van der Waals surface area contributed by atoms with E-state index in [9.17, 15) is 0 Å². The number of nitrogens with one attached hydrogen (secondary N) is 1. The van der Waals surface area contributed by atoms with Crippen LogP contribution in [0.1, 0.15) is 46.9 Å². The van der Waals surface area contributed by atoms with E-state index in [1.54, 1.807) is 0 Å². The molecular weight excluding hydrogens is 264 g/mol. The van der Waals surface area contributed by atoms with Crippen molar-refractivity contribution in [3.05, 3.63) is 11.9 Å². The molecule has 5 nitrogen and oxygen atoms in total. The molecule has 1 aliphatic rings. The van der Waals surface area contributed by atoms with Gasteiger partial charge in [-0.2, -0.15) is 0 Å². The van der Waals surface area contributed by atoms with Gasteiger partial charge in [0.25, 0.3) is 0 Å². The van der Waals surface area contributed by atoms with Crippen LogP contribution in [0.5, 0.6) is 0 Å². The monoisotopic (exact) mass is 292 g/mol. The van der Waals surface area contributed by atoms with Crippen LogP contribution in [0.4, 0.5) is 11.6 Å². The fraction of sp³-hybridized carbons (Fsp3) is 0.750. The molecule has 0 bridgehead atoms. The second-order valence-electron chi connectivity index (χ2n) is 7.06. The first kappa shape index (κ1) is 16.0. The molecule has 2 rings (SSSR count). The Morgan fingerprint density at radius 2 is 1.81 bits per heavy atom. The molecule has 21 heavy (non-hydrogen) atoms. The zero-order valence-corrected chi connectivity index (χ0v) is 14.2. The number of hydrogen-bond acceptors (Lipinski definition) is 5. The second-order valence-corrected chi connectivity index (χ2v) is 7.06. The number of ether oxygens (including phenoxy) is 1. The van der Waals surface area contributed by atoms with Crippen LogP contribution in [0.3, 0.4) is 0 Å². The third-order valence-electron chi connectivity index (χ3n) is 3.40. The number of aromatic nitrogens is 2. The van der Waals surface area contributed by atoms with E-state index < -0.39 is 0 Å². The first-order valence-electron chi connectivity index (χ1n) is 7.75. The SMILES string of the molecule is CCCNc1cc(N2CC(C)(C)OC(C)(C)C2)nc(C)n1. The van der Waals surface area contributed by atoms with Crippen molar-refractivity contribution in [2.75, 3.05) is 29.9 Å². The lowest BCUT2D eigenvalue weighted by Crippen LogP contribution is -2.57. The van der Waals surface area contributed by atoms with E-state index in [1.807, 2.05) is 13.0 Å². The summed E-state index contributed by atoms with van der Waals surface area (Å²) >= 11 is 0. The quantitative estimate of drug-likeness (QED) is 0.924. The molecule has 0 radical (unpaired) electrons. The summed E-state index contributed by atoms with van der Waals surface area (Å²) in [7, 11) is 0. The second kappa shape index (κ2) is 5.79. The molecule has 0 amide bonds. The topological polar surface area (TPSA) is 50.3 Å². The zero-order valence-electron chi connectivity index (χ0n) is 14.2. The molecule has 0 spiro atoms. The fourth-order valence-corrected chi connectivity index (χ4v) is 3.01. The Morgan fingerprint density at radius 1 is 1.19 bits per heavy atom. The smallest absolute Gasteiger partial charge is 0.134 e. The molecule has 1 N–H and O–H groups in total. The van der Waals surface area contributed by atoms with Gasteiger partial charge in [-0.3, -0.25) is 0 Å². The number of hydrogen-bond donors (Lipinski definition) is 1. The van der Waals surface area contributed by atoms with Gasteiger partial charge in [-0.05, 0) is 41.0 Å². The summed E-state index contributed by atoms with van der Waals surface area (Å²) in [6.45, 7) is 15.2. The van der Waals surface area contributed by atoms with Crippen molar-refractivity contribution >= 4 is 11.6 Å². The lowest BCUT2D eigenvalue weighted by atomic mass is 9.99. The minimum absolute atomic E-state index is 0.183. The fourth-order valence-electron chi connectivity index (χ4n) is 3.01. The molecule has 0 aromatic carbocycles. The van der Waals surface area contributed by atoms with Crippen molar-refractivity contribution in [2.24, 2.45) is 0 Å². The van der Waals surface area contributed by atoms with E-state index in [0.29, 0.717) is 0 Å². The van der Waals surface area contributed by atoms with Crippen LogP contribution in [0.25, 0.3) is 0 Å². The van der Waals surface area contributed by atoms with Gasteiger partial charge in [0, 0.05) is 25.7 Å². The van der Waals surface area contributed by atoms with Crippen molar-refractivity contribution in [3.8, 4) is 0 Å². The molecule has 0 atom stereocenters. The maximum absolute atomic E-state index is 6.14. The number of rotatable bonds is 4. The molecule has 0 saturated carbocycles. The van der Waals surface area contributed by atoms with E-state index >= 15 is 0 Å². The molecule has 2 heterocycles. The van der Waals surface area contributed by atoms with Crippen molar-refractivity contribution in [3.63, 3.8) is 0 Å². The molecule has 1 aromatic rings. The highest BCUT2D eigenvalue weighted by atomic mass is 16.5. The Hall–Kier alpha value is -1.36. The number of morpholine rings is 1. The van der Waals surface area contributed by atoms with Crippen molar-refractivity contribution < 1.29 is 4.74 Å². The van der Waals surface area contributed by atoms with Crippen LogP contribution in [0, 0.1) is 6.92 Å². The highest BCUT2D eigenvalue weighted by Gasteiger charge is 2.38. The highest BCUT2D eigenvalue weighted by Crippen LogP contribution is 2.31. The average Bonchev–Trinajstić information content (AvgIpc) is 2.32. The summed E-state index contributed by atoms with van der Waals surface area (Å²) in [5.74, 6) is 2.68. The standard InChI is InChI=1S/C16H28N4O/c1-7-8-17-13-9-14(19-12(2)18-13)20-10-15(3,4)21-16(5,6)11-20/h9H,7-8,10-11H2,1-6H3,(H,17,18,19). The molecule has 5 heteroatoms. The van der Waals surface area contributed by atoms with Gasteiger partial charge in [-0.1, -0.05) is 6.92 Å². The molecule has 1 aliphatic heterocycles. The molecule has 1 fully saturated rings. The van der Waals surface area contributed by atoms with Gasteiger partial charge in [-0.25, -0.2) is 9.97 Å². The van der Waals surface area contributed by atoms with Crippen LogP contribution in [-0.4, -0.2) is 40.8 Å². The lowest BCUT2D eigenvalue weighted by Gasteiger charge is -2.47. The van der Waals surface area contributed by atoms with Crippen molar-refractivity contribution in [2.45, 2.75) is 59.2 Å². The lowest BCUT2D eigenvalue weighted by molar-refractivity contribution is -0.133. The Kier molecular flexibility index (Phi) is 4.42. The highest BCUT2D eigenvalue weighted by molar-refractivity contribution is 5.50. The number of anilines is 2. The average molecular weight is 292 g/mol. The predicted molar refractivity (Wildman–Crippen MR) is 87.0 cm³/mol. The Labute approximate surface area is 128 Å². The van der Waals surface area contributed by atoms with E-state index in [1.165, 1.54) is 0 Å². The maximum Gasteiger partial charge on any atom is 0.134 e. The Balaban J connectivity index is 2.26. The van der Waals surface area contributed by atoms with Gasteiger partial charge < -0.3 is 15.0 Å². The van der Waals surface area contributed by atoms with E-state index in [0.717, 1.165) is 43.5 Å². The molecule has 0 aliphatic carbocycles. The van der Waals surface area contributed by atoms with Gasteiger partial charge in [0.05, 0.1) is 11.2 Å². The Bertz CT molecular complexity index is 483. The predicted octanol–water partition coefficient (Wildman–Crippen LogP) is 3.00. The summed E-state index contributed by atoms with van der Waals surface area (Å²) in [5, 5.41) is 3.35. The normalized spacial score (nSPS) is 20.4. The molecular formula is C16H28N4O. The van der Waals surface area contributed by atoms with E-state index in [2.05, 4.69) is 54.8 Å².